The van der Waals surface area contributed by atoms with Gasteiger partial charge in [0.25, 0.3) is 0 Å². The van der Waals surface area contributed by atoms with Crippen molar-refractivity contribution in [2.24, 2.45) is 0 Å². The molecule has 0 aliphatic rings. The number of terminal acetylenes is 1. The molecule has 3 nitrogen and oxygen atoms in total. The van der Waals surface area contributed by atoms with Crippen molar-refractivity contribution in [3.05, 3.63) is 17.7 Å². The molecule has 0 aliphatic carbocycles. The summed E-state index contributed by atoms with van der Waals surface area (Å²) in [5.74, 6) is 4.44. The predicted molar refractivity (Wildman–Crippen MR) is 61.2 cm³/mol. The number of aromatic amines is 1. The molecule has 0 saturated heterocycles. The number of nitrogens with zero attached hydrogens (tertiary/aromatic N) is 1. The molecule has 1 rings (SSSR count). The molecule has 0 atom stereocenters. The maximum atomic E-state index is 5.13. The van der Waals surface area contributed by atoms with Gasteiger partial charge in [-0.15, -0.1) is 18.2 Å². The van der Waals surface area contributed by atoms with Crippen LogP contribution in [0.2, 0.25) is 0 Å². The fourth-order valence-corrected chi connectivity index (χ4v) is 1.60. The molecule has 14 heavy (non-hydrogen) atoms. The largest absolute Gasteiger partial charge is 0.348 e. The molecule has 0 unspecified atom stereocenters. The lowest BCUT2D eigenvalue weighted by Gasteiger charge is -2.01. The highest BCUT2D eigenvalue weighted by Crippen LogP contribution is 2.00. The molecule has 4 heteroatoms. The summed E-state index contributed by atoms with van der Waals surface area (Å²) in [7, 11) is 0. The highest BCUT2D eigenvalue weighted by atomic mass is 32.2. The van der Waals surface area contributed by atoms with Crippen molar-refractivity contribution in [2.45, 2.75) is 13.5 Å². The molecular weight excluding hydrogens is 194 g/mol. The Balaban J connectivity index is 2.05. The van der Waals surface area contributed by atoms with Gasteiger partial charge in [-0.25, -0.2) is 4.98 Å². The van der Waals surface area contributed by atoms with Crippen LogP contribution in [0, 0.1) is 19.3 Å². The molecule has 1 aromatic rings. The van der Waals surface area contributed by atoms with Crippen molar-refractivity contribution >= 4 is 11.8 Å². The number of imidazole rings is 1. The SMILES string of the molecule is C#CCSCCNCc1nc[nH]c1C. The zero-order valence-corrected chi connectivity index (χ0v) is 9.16. The maximum absolute atomic E-state index is 5.13. The van der Waals surface area contributed by atoms with Crippen molar-refractivity contribution < 1.29 is 0 Å². The monoisotopic (exact) mass is 209 g/mol. The summed E-state index contributed by atoms with van der Waals surface area (Å²) in [6, 6.07) is 0. The average Bonchev–Trinajstić information content (AvgIpc) is 2.58. The van der Waals surface area contributed by atoms with E-state index >= 15 is 0 Å². The molecule has 2 N–H and O–H groups in total. The van der Waals surface area contributed by atoms with Gasteiger partial charge in [0, 0.05) is 24.5 Å². The molecule has 0 amide bonds. The summed E-state index contributed by atoms with van der Waals surface area (Å²) in [5.41, 5.74) is 2.22. The van der Waals surface area contributed by atoms with Crippen LogP contribution in [-0.4, -0.2) is 28.0 Å². The Bertz CT molecular complexity index is 301. The van der Waals surface area contributed by atoms with E-state index < -0.39 is 0 Å². The van der Waals surface area contributed by atoms with Gasteiger partial charge < -0.3 is 10.3 Å². The first-order chi connectivity index (χ1) is 6.84. The van der Waals surface area contributed by atoms with Crippen LogP contribution >= 0.6 is 11.8 Å². The Kier molecular flexibility index (Phi) is 5.20. The molecule has 0 radical (unpaired) electrons. The van der Waals surface area contributed by atoms with Crippen molar-refractivity contribution in [3.8, 4) is 12.3 Å². The standard InChI is InChI=1S/C10H15N3S/c1-3-5-14-6-4-11-7-10-9(2)12-8-13-10/h1,8,11H,4-7H2,2H3,(H,12,13). The number of hydrogen-bond donors (Lipinski definition) is 2. The average molecular weight is 209 g/mol. The Labute approximate surface area is 89.1 Å². The zero-order valence-electron chi connectivity index (χ0n) is 8.34. The van der Waals surface area contributed by atoms with Gasteiger partial charge in [0.1, 0.15) is 0 Å². The summed E-state index contributed by atoms with van der Waals surface area (Å²) in [6.07, 6.45) is 6.86. The molecule has 1 heterocycles. The van der Waals surface area contributed by atoms with Crippen LogP contribution in [-0.2, 0) is 6.54 Å². The number of aryl methyl sites for hydroxylation is 1. The number of aromatic nitrogens is 2. The van der Waals surface area contributed by atoms with Gasteiger partial charge in [0.2, 0.25) is 0 Å². The Morgan fingerprint density at radius 3 is 3.21 bits per heavy atom. The number of thioether (sulfide) groups is 1. The molecule has 76 valence electrons. The highest BCUT2D eigenvalue weighted by Gasteiger charge is 1.98. The topological polar surface area (TPSA) is 40.7 Å². The smallest absolute Gasteiger partial charge is 0.0925 e. The first-order valence-corrected chi connectivity index (χ1v) is 5.71. The van der Waals surface area contributed by atoms with E-state index in [0.29, 0.717) is 0 Å². The molecule has 1 aromatic heterocycles. The minimum atomic E-state index is 0.795. The van der Waals surface area contributed by atoms with Crippen LogP contribution in [0.3, 0.4) is 0 Å². The quantitative estimate of drug-likeness (QED) is 0.546. The Hall–Kier alpha value is -0.920. The van der Waals surface area contributed by atoms with E-state index in [1.165, 1.54) is 0 Å². The van der Waals surface area contributed by atoms with Crippen LogP contribution < -0.4 is 5.32 Å². The van der Waals surface area contributed by atoms with Gasteiger partial charge in [-0.05, 0) is 6.92 Å². The van der Waals surface area contributed by atoms with E-state index in [0.717, 1.165) is 36.0 Å². The summed E-state index contributed by atoms with van der Waals surface area (Å²) in [5, 5.41) is 3.32. The highest BCUT2D eigenvalue weighted by molar-refractivity contribution is 7.99. The number of H-pyrrole nitrogens is 1. The van der Waals surface area contributed by atoms with Crippen molar-refractivity contribution in [1.29, 1.82) is 0 Å². The lowest BCUT2D eigenvalue weighted by molar-refractivity contribution is 0.715. The van der Waals surface area contributed by atoms with Gasteiger partial charge >= 0.3 is 0 Å². The number of rotatable bonds is 6. The fraction of sp³-hybridized carbons (Fsp3) is 0.500. The van der Waals surface area contributed by atoms with Crippen LogP contribution in [0.4, 0.5) is 0 Å². The van der Waals surface area contributed by atoms with Crippen LogP contribution in [0.15, 0.2) is 6.33 Å². The fourth-order valence-electron chi connectivity index (χ4n) is 1.05. The van der Waals surface area contributed by atoms with Gasteiger partial charge in [-0.3, -0.25) is 0 Å². The lowest BCUT2D eigenvalue weighted by Crippen LogP contribution is -2.17. The molecule has 0 fully saturated rings. The summed E-state index contributed by atoms with van der Waals surface area (Å²) >= 11 is 1.77. The summed E-state index contributed by atoms with van der Waals surface area (Å²) in [4.78, 5) is 7.24. The number of hydrogen-bond acceptors (Lipinski definition) is 3. The van der Waals surface area contributed by atoms with E-state index in [2.05, 4.69) is 21.2 Å². The minimum absolute atomic E-state index is 0.795. The number of nitrogens with one attached hydrogen (secondary N) is 2. The predicted octanol–water partition coefficient (Wildman–Crippen LogP) is 1.17. The molecule has 0 spiro atoms. The van der Waals surface area contributed by atoms with Gasteiger partial charge in [-0.2, -0.15) is 0 Å². The molecule has 0 bridgehead atoms. The van der Waals surface area contributed by atoms with Crippen molar-refractivity contribution in [3.63, 3.8) is 0 Å². The van der Waals surface area contributed by atoms with E-state index in [4.69, 9.17) is 6.42 Å². The molecule has 0 aliphatic heterocycles. The molecule has 0 saturated carbocycles. The first-order valence-electron chi connectivity index (χ1n) is 4.55. The van der Waals surface area contributed by atoms with E-state index in [-0.39, 0.29) is 0 Å². The minimum Gasteiger partial charge on any atom is -0.348 e. The third-order valence-electron chi connectivity index (χ3n) is 1.84. The van der Waals surface area contributed by atoms with Crippen molar-refractivity contribution in [1.82, 2.24) is 15.3 Å². The lowest BCUT2D eigenvalue weighted by atomic mass is 10.3. The van der Waals surface area contributed by atoms with Crippen molar-refractivity contribution in [2.75, 3.05) is 18.1 Å². The summed E-state index contributed by atoms with van der Waals surface area (Å²) in [6.45, 7) is 3.82. The normalized spacial score (nSPS) is 10.0. The van der Waals surface area contributed by atoms with Crippen LogP contribution in [0.1, 0.15) is 11.4 Å². The van der Waals surface area contributed by atoms with E-state index in [1.807, 2.05) is 6.92 Å². The maximum Gasteiger partial charge on any atom is 0.0925 e. The van der Waals surface area contributed by atoms with E-state index in [9.17, 15) is 0 Å². The molecule has 0 aromatic carbocycles. The van der Waals surface area contributed by atoms with Gasteiger partial charge in [0.15, 0.2) is 0 Å². The Morgan fingerprint density at radius 2 is 2.57 bits per heavy atom. The first kappa shape index (κ1) is 11.2. The second-order valence-electron chi connectivity index (χ2n) is 2.91. The zero-order chi connectivity index (χ0) is 10.2. The Morgan fingerprint density at radius 1 is 1.71 bits per heavy atom. The second-order valence-corrected chi connectivity index (χ2v) is 4.01. The second kappa shape index (κ2) is 6.52. The van der Waals surface area contributed by atoms with Gasteiger partial charge in [0.05, 0.1) is 17.8 Å². The molecular formula is C10H15N3S. The van der Waals surface area contributed by atoms with Crippen LogP contribution in [0.25, 0.3) is 0 Å². The van der Waals surface area contributed by atoms with E-state index in [1.54, 1.807) is 18.1 Å². The van der Waals surface area contributed by atoms with Gasteiger partial charge in [-0.1, -0.05) is 5.92 Å². The third-order valence-corrected chi connectivity index (χ3v) is 2.70. The third kappa shape index (κ3) is 3.86. The van der Waals surface area contributed by atoms with Crippen LogP contribution in [0.5, 0.6) is 0 Å². The summed E-state index contributed by atoms with van der Waals surface area (Å²) < 4.78 is 0.